The SMILES string of the molecule is CN1CCC(C(C=O)c2ccc(C(F)(F)F)cc2)C1. The van der Waals surface area contributed by atoms with Gasteiger partial charge in [-0.2, -0.15) is 13.2 Å². The van der Waals surface area contributed by atoms with Crippen LogP contribution in [-0.4, -0.2) is 31.3 Å². The minimum absolute atomic E-state index is 0.194. The molecule has 5 heteroatoms. The smallest absolute Gasteiger partial charge is 0.306 e. The fourth-order valence-electron chi connectivity index (χ4n) is 2.62. The summed E-state index contributed by atoms with van der Waals surface area (Å²) in [5, 5.41) is 0. The van der Waals surface area contributed by atoms with Crippen LogP contribution < -0.4 is 0 Å². The first-order chi connectivity index (χ1) is 8.91. The summed E-state index contributed by atoms with van der Waals surface area (Å²) < 4.78 is 37.4. The number of carbonyl (C=O) groups is 1. The highest BCUT2D eigenvalue weighted by molar-refractivity contribution is 5.63. The standard InChI is InChI=1S/C14H16F3NO/c1-18-7-6-11(8-18)13(9-19)10-2-4-12(5-3-10)14(15,16)17/h2-5,9,11,13H,6-8H2,1H3. The lowest BCUT2D eigenvalue weighted by Crippen LogP contribution is -2.19. The van der Waals surface area contributed by atoms with Gasteiger partial charge in [0.25, 0.3) is 0 Å². The molecule has 1 heterocycles. The van der Waals surface area contributed by atoms with E-state index in [1.165, 1.54) is 12.1 Å². The average molecular weight is 271 g/mol. The molecule has 0 bridgehead atoms. The molecule has 1 aromatic carbocycles. The van der Waals surface area contributed by atoms with Gasteiger partial charge in [0.1, 0.15) is 6.29 Å². The number of rotatable bonds is 3. The lowest BCUT2D eigenvalue weighted by atomic mass is 9.86. The van der Waals surface area contributed by atoms with Crippen LogP contribution in [0.3, 0.4) is 0 Å². The Morgan fingerprint density at radius 2 is 1.95 bits per heavy atom. The van der Waals surface area contributed by atoms with E-state index in [1.54, 1.807) is 0 Å². The quantitative estimate of drug-likeness (QED) is 0.788. The Morgan fingerprint density at radius 3 is 2.37 bits per heavy atom. The lowest BCUT2D eigenvalue weighted by Gasteiger charge is -2.19. The molecule has 0 spiro atoms. The third-order valence-corrected chi connectivity index (χ3v) is 3.71. The largest absolute Gasteiger partial charge is 0.416 e. The number of benzene rings is 1. The normalized spacial score (nSPS) is 22.4. The molecule has 1 aliphatic rings. The first kappa shape index (κ1) is 14.1. The van der Waals surface area contributed by atoms with E-state index in [2.05, 4.69) is 4.90 Å². The summed E-state index contributed by atoms with van der Waals surface area (Å²) in [6.45, 7) is 1.74. The Hall–Kier alpha value is -1.36. The molecule has 2 rings (SSSR count). The van der Waals surface area contributed by atoms with Crippen LogP contribution in [-0.2, 0) is 11.0 Å². The molecule has 0 aliphatic carbocycles. The predicted molar refractivity (Wildman–Crippen MR) is 65.9 cm³/mol. The van der Waals surface area contributed by atoms with Crippen molar-refractivity contribution in [1.29, 1.82) is 0 Å². The topological polar surface area (TPSA) is 20.3 Å². The summed E-state index contributed by atoms with van der Waals surface area (Å²) >= 11 is 0. The molecule has 1 aromatic rings. The molecule has 0 aromatic heterocycles. The van der Waals surface area contributed by atoms with Crippen LogP contribution in [0.4, 0.5) is 13.2 Å². The zero-order valence-corrected chi connectivity index (χ0v) is 10.7. The van der Waals surface area contributed by atoms with Gasteiger partial charge in [-0.1, -0.05) is 12.1 Å². The Bertz CT molecular complexity index is 441. The predicted octanol–water partition coefficient (Wildman–Crippen LogP) is 2.94. The van der Waals surface area contributed by atoms with E-state index in [0.29, 0.717) is 5.56 Å². The van der Waals surface area contributed by atoms with Crippen LogP contribution in [0.2, 0.25) is 0 Å². The summed E-state index contributed by atoms with van der Waals surface area (Å²) in [5.74, 6) is -0.119. The van der Waals surface area contributed by atoms with Crippen LogP contribution in [0.25, 0.3) is 0 Å². The summed E-state index contributed by atoms with van der Waals surface area (Å²) in [6, 6.07) is 4.93. The molecule has 0 radical (unpaired) electrons. The fourth-order valence-corrected chi connectivity index (χ4v) is 2.62. The van der Waals surface area contributed by atoms with Crippen LogP contribution in [0.5, 0.6) is 0 Å². The monoisotopic (exact) mass is 271 g/mol. The molecule has 0 N–H and O–H groups in total. The molecule has 1 saturated heterocycles. The minimum atomic E-state index is -4.33. The van der Waals surface area contributed by atoms with E-state index >= 15 is 0 Å². The highest BCUT2D eigenvalue weighted by Crippen LogP contribution is 2.33. The van der Waals surface area contributed by atoms with Crippen LogP contribution in [0, 0.1) is 5.92 Å². The minimum Gasteiger partial charge on any atom is -0.306 e. The van der Waals surface area contributed by atoms with Crippen molar-refractivity contribution in [2.75, 3.05) is 20.1 Å². The third kappa shape index (κ3) is 3.15. The molecule has 0 amide bonds. The van der Waals surface area contributed by atoms with Crippen molar-refractivity contribution >= 4 is 6.29 Å². The average Bonchev–Trinajstić information content (AvgIpc) is 2.76. The van der Waals surface area contributed by atoms with Gasteiger partial charge in [0.15, 0.2) is 0 Å². The van der Waals surface area contributed by atoms with Gasteiger partial charge < -0.3 is 9.69 Å². The highest BCUT2D eigenvalue weighted by Gasteiger charge is 2.32. The number of hydrogen-bond donors (Lipinski definition) is 0. The number of alkyl halides is 3. The second kappa shape index (κ2) is 5.33. The first-order valence-corrected chi connectivity index (χ1v) is 6.23. The Balaban J connectivity index is 2.18. The third-order valence-electron chi connectivity index (χ3n) is 3.71. The molecular weight excluding hydrogens is 255 g/mol. The molecule has 2 unspecified atom stereocenters. The van der Waals surface area contributed by atoms with Gasteiger partial charge in [0.2, 0.25) is 0 Å². The second-order valence-corrected chi connectivity index (χ2v) is 5.09. The molecule has 1 aliphatic heterocycles. The van der Waals surface area contributed by atoms with Crippen molar-refractivity contribution < 1.29 is 18.0 Å². The van der Waals surface area contributed by atoms with Gasteiger partial charge in [-0.05, 0) is 43.6 Å². The van der Waals surface area contributed by atoms with Gasteiger partial charge in [-0.25, -0.2) is 0 Å². The number of halogens is 3. The molecule has 104 valence electrons. The molecular formula is C14H16F3NO. The molecule has 2 atom stereocenters. The van der Waals surface area contributed by atoms with Crippen LogP contribution in [0.15, 0.2) is 24.3 Å². The van der Waals surface area contributed by atoms with Crippen LogP contribution in [0.1, 0.15) is 23.5 Å². The van der Waals surface area contributed by atoms with E-state index in [4.69, 9.17) is 0 Å². The Labute approximate surface area is 110 Å². The van der Waals surface area contributed by atoms with Gasteiger partial charge >= 0.3 is 6.18 Å². The molecule has 19 heavy (non-hydrogen) atoms. The molecule has 1 fully saturated rings. The van der Waals surface area contributed by atoms with E-state index in [-0.39, 0.29) is 11.8 Å². The lowest BCUT2D eigenvalue weighted by molar-refractivity contribution is -0.137. The zero-order chi connectivity index (χ0) is 14.0. The summed E-state index contributed by atoms with van der Waals surface area (Å²) in [5.41, 5.74) is -0.00672. The van der Waals surface area contributed by atoms with Gasteiger partial charge in [-0.15, -0.1) is 0 Å². The maximum Gasteiger partial charge on any atom is 0.416 e. The van der Waals surface area contributed by atoms with Crippen molar-refractivity contribution in [2.45, 2.75) is 18.5 Å². The van der Waals surface area contributed by atoms with Crippen molar-refractivity contribution in [1.82, 2.24) is 4.90 Å². The summed E-state index contributed by atoms with van der Waals surface area (Å²) in [4.78, 5) is 13.4. The van der Waals surface area contributed by atoms with Crippen molar-refractivity contribution in [3.63, 3.8) is 0 Å². The molecule has 0 saturated carbocycles. The number of likely N-dealkylation sites (tertiary alicyclic amines) is 1. The number of nitrogens with zero attached hydrogens (tertiary/aromatic N) is 1. The molecule has 2 nitrogen and oxygen atoms in total. The number of hydrogen-bond acceptors (Lipinski definition) is 2. The maximum atomic E-state index is 12.5. The van der Waals surface area contributed by atoms with E-state index in [9.17, 15) is 18.0 Å². The van der Waals surface area contributed by atoms with E-state index in [1.807, 2.05) is 7.05 Å². The van der Waals surface area contributed by atoms with E-state index < -0.39 is 11.7 Å². The summed E-state index contributed by atoms with van der Waals surface area (Å²) in [7, 11) is 1.98. The number of aldehydes is 1. The van der Waals surface area contributed by atoms with Crippen molar-refractivity contribution in [3.05, 3.63) is 35.4 Å². The van der Waals surface area contributed by atoms with Gasteiger partial charge in [-0.3, -0.25) is 0 Å². The maximum absolute atomic E-state index is 12.5. The van der Waals surface area contributed by atoms with Crippen LogP contribution >= 0.6 is 0 Å². The number of carbonyl (C=O) groups excluding carboxylic acids is 1. The van der Waals surface area contributed by atoms with Gasteiger partial charge in [0.05, 0.1) is 5.56 Å². The van der Waals surface area contributed by atoms with Crippen molar-refractivity contribution in [2.24, 2.45) is 5.92 Å². The highest BCUT2D eigenvalue weighted by atomic mass is 19.4. The van der Waals surface area contributed by atoms with E-state index in [0.717, 1.165) is 37.9 Å². The zero-order valence-electron chi connectivity index (χ0n) is 10.7. The summed E-state index contributed by atoms with van der Waals surface area (Å²) in [6.07, 6.45) is -2.57. The first-order valence-electron chi connectivity index (χ1n) is 6.23. The van der Waals surface area contributed by atoms with Gasteiger partial charge in [0, 0.05) is 12.5 Å². The van der Waals surface area contributed by atoms with Crippen molar-refractivity contribution in [3.8, 4) is 0 Å². The fraction of sp³-hybridized carbons (Fsp3) is 0.500. The second-order valence-electron chi connectivity index (χ2n) is 5.09. The Kier molecular flexibility index (Phi) is 3.94. The Morgan fingerprint density at radius 1 is 1.32 bits per heavy atom.